The number of amides is 1. The summed E-state index contributed by atoms with van der Waals surface area (Å²) < 4.78 is 11.8. The van der Waals surface area contributed by atoms with Gasteiger partial charge in [-0.25, -0.2) is 15.0 Å². The summed E-state index contributed by atoms with van der Waals surface area (Å²) in [5.74, 6) is 1.000. The Morgan fingerprint density at radius 1 is 1.02 bits per heavy atom. The minimum Gasteiger partial charge on any atom is -0.486 e. The number of benzene rings is 2. The van der Waals surface area contributed by atoms with Gasteiger partial charge in [0.15, 0.2) is 5.82 Å². The molecule has 11 nitrogen and oxygen atoms in total. The first-order valence-electron chi connectivity index (χ1n) is 13.6. The zero-order valence-electron chi connectivity index (χ0n) is 24.3. The van der Waals surface area contributed by atoms with Crippen LogP contribution in [0, 0.1) is 0 Å². The predicted molar refractivity (Wildman–Crippen MR) is 170 cm³/mol. The Labute approximate surface area is 260 Å². The number of nitrogen functional groups attached to an aromatic ring is 1. The Morgan fingerprint density at radius 3 is 2.55 bits per heavy atom. The second-order valence-corrected chi connectivity index (χ2v) is 10.4. The molecule has 3 aromatic heterocycles. The maximum Gasteiger partial charge on any atom is 0.248 e. The molecule has 0 aliphatic rings. The summed E-state index contributed by atoms with van der Waals surface area (Å²) in [6.45, 7) is 4.68. The molecule has 0 aliphatic carbocycles. The number of nitrogens with one attached hydrogen (secondary N) is 1. The van der Waals surface area contributed by atoms with Crippen LogP contribution in [0.5, 0.6) is 5.75 Å². The van der Waals surface area contributed by atoms with Crippen molar-refractivity contribution in [1.29, 1.82) is 0 Å². The molecule has 3 N–H and O–H groups in total. The van der Waals surface area contributed by atoms with Crippen LogP contribution in [0.25, 0.3) is 11.5 Å². The van der Waals surface area contributed by atoms with Crippen molar-refractivity contribution >= 4 is 40.5 Å². The highest BCUT2D eigenvalue weighted by Gasteiger charge is 2.25. The number of carbonyl (C=O) groups is 1. The lowest BCUT2D eigenvalue weighted by Gasteiger charge is -2.26. The topological polar surface area (TPSA) is 136 Å². The highest BCUT2D eigenvalue weighted by atomic mass is 35.5. The molecular formula is C32H31ClN8O3. The Morgan fingerprint density at radius 2 is 1.82 bits per heavy atom. The van der Waals surface area contributed by atoms with Crippen molar-refractivity contribution in [1.82, 2.24) is 30.2 Å². The van der Waals surface area contributed by atoms with Gasteiger partial charge in [0, 0.05) is 29.7 Å². The minimum absolute atomic E-state index is 0.135. The molecular weight excluding hydrogens is 580 g/mol. The zero-order valence-corrected chi connectivity index (χ0v) is 25.0. The molecule has 0 fully saturated rings. The van der Waals surface area contributed by atoms with E-state index in [0.717, 1.165) is 11.4 Å². The fourth-order valence-electron chi connectivity index (χ4n) is 4.37. The highest BCUT2D eigenvalue weighted by molar-refractivity contribution is 6.32. The monoisotopic (exact) mass is 610 g/mol. The van der Waals surface area contributed by atoms with E-state index in [9.17, 15) is 4.79 Å². The summed E-state index contributed by atoms with van der Waals surface area (Å²) in [4.78, 5) is 33.9. The molecule has 5 rings (SSSR count). The third-order valence-electron chi connectivity index (χ3n) is 6.38. The molecule has 12 heteroatoms. The van der Waals surface area contributed by atoms with E-state index in [-0.39, 0.29) is 30.8 Å². The summed E-state index contributed by atoms with van der Waals surface area (Å²) in [5, 5.41) is 3.21. The number of para-hydroxylation sites is 1. The number of aromatic nitrogens is 4. The number of nitrogens with zero attached hydrogens (tertiary/aromatic N) is 6. The van der Waals surface area contributed by atoms with E-state index in [4.69, 9.17) is 26.5 Å². The number of pyridine rings is 1. The van der Waals surface area contributed by atoms with Crippen LogP contribution < -0.4 is 20.7 Å². The zero-order chi connectivity index (χ0) is 31.1. The molecule has 0 spiro atoms. The number of oxazole rings is 1. The van der Waals surface area contributed by atoms with Crippen LogP contribution in [0.3, 0.4) is 0 Å². The fourth-order valence-corrected chi connectivity index (χ4v) is 4.60. The summed E-state index contributed by atoms with van der Waals surface area (Å²) in [7, 11) is 3.73. The normalized spacial score (nSPS) is 10.9. The number of halogens is 1. The number of hydrogen-bond donors (Lipinski definition) is 2. The van der Waals surface area contributed by atoms with Gasteiger partial charge >= 0.3 is 0 Å². The van der Waals surface area contributed by atoms with Crippen molar-refractivity contribution in [3.05, 3.63) is 114 Å². The largest absolute Gasteiger partial charge is 0.486 e. The molecule has 224 valence electrons. The van der Waals surface area contributed by atoms with E-state index < -0.39 is 0 Å². The van der Waals surface area contributed by atoms with Gasteiger partial charge in [-0.05, 0) is 56.6 Å². The van der Waals surface area contributed by atoms with Crippen molar-refractivity contribution < 1.29 is 13.9 Å². The first kappa shape index (κ1) is 30.2. The molecule has 0 atom stereocenters. The summed E-state index contributed by atoms with van der Waals surface area (Å²) >= 11 is 6.71. The number of anilines is 4. The van der Waals surface area contributed by atoms with Gasteiger partial charge in [0.1, 0.15) is 36.3 Å². The summed E-state index contributed by atoms with van der Waals surface area (Å²) in [6.07, 6.45) is 4.54. The quantitative estimate of drug-likeness (QED) is 0.173. The van der Waals surface area contributed by atoms with E-state index in [1.165, 1.54) is 12.6 Å². The predicted octanol–water partition coefficient (Wildman–Crippen LogP) is 5.55. The lowest BCUT2D eigenvalue weighted by molar-refractivity contribution is -0.117. The molecule has 3 heterocycles. The van der Waals surface area contributed by atoms with Crippen LogP contribution in [-0.4, -0.2) is 51.4 Å². The smallest absolute Gasteiger partial charge is 0.248 e. The first-order chi connectivity index (χ1) is 21.3. The molecule has 1 amide bonds. The maximum absolute atomic E-state index is 12.4. The van der Waals surface area contributed by atoms with Crippen LogP contribution in [-0.2, 0) is 17.9 Å². The van der Waals surface area contributed by atoms with Gasteiger partial charge in [-0.1, -0.05) is 42.4 Å². The highest BCUT2D eigenvalue weighted by Crippen LogP contribution is 2.42. The number of rotatable bonds is 12. The summed E-state index contributed by atoms with van der Waals surface area (Å²) in [5.41, 5.74) is 9.94. The molecule has 0 saturated carbocycles. The van der Waals surface area contributed by atoms with E-state index in [1.807, 2.05) is 78.5 Å². The number of carbonyl (C=O) groups excluding carboxylic acids is 1. The molecule has 0 radical (unpaired) electrons. The van der Waals surface area contributed by atoms with Gasteiger partial charge < -0.3 is 25.1 Å². The van der Waals surface area contributed by atoms with Gasteiger partial charge in [0.05, 0.1) is 23.0 Å². The second kappa shape index (κ2) is 13.8. The van der Waals surface area contributed by atoms with Crippen molar-refractivity contribution in [3.8, 4) is 17.2 Å². The van der Waals surface area contributed by atoms with Crippen LogP contribution in [0.2, 0.25) is 5.02 Å². The molecule has 44 heavy (non-hydrogen) atoms. The van der Waals surface area contributed by atoms with Crippen molar-refractivity contribution in [2.45, 2.75) is 13.2 Å². The third kappa shape index (κ3) is 7.20. The molecule has 0 aliphatic heterocycles. The third-order valence-corrected chi connectivity index (χ3v) is 6.68. The lowest BCUT2D eigenvalue weighted by Crippen LogP contribution is -2.29. The Balaban J connectivity index is 1.46. The number of ether oxygens (including phenoxy) is 1. The van der Waals surface area contributed by atoms with E-state index in [1.54, 1.807) is 18.3 Å². The first-order valence-corrected chi connectivity index (χ1v) is 14.0. The Bertz CT molecular complexity index is 1750. The Hall–Kier alpha value is -5.26. The van der Waals surface area contributed by atoms with Gasteiger partial charge in [0.25, 0.3) is 0 Å². The fraction of sp³-hybridized carbons (Fsp3) is 0.156. The van der Waals surface area contributed by atoms with Gasteiger partial charge in [-0.15, -0.1) is 0 Å². The lowest BCUT2D eigenvalue weighted by atomic mass is 10.2. The maximum atomic E-state index is 12.4. The van der Waals surface area contributed by atoms with Crippen LogP contribution in [0.15, 0.2) is 102 Å². The average molecular weight is 611 g/mol. The van der Waals surface area contributed by atoms with Gasteiger partial charge in [0.2, 0.25) is 11.8 Å². The van der Waals surface area contributed by atoms with Crippen LogP contribution in [0.4, 0.5) is 23.0 Å². The van der Waals surface area contributed by atoms with Crippen molar-refractivity contribution in [2.75, 3.05) is 31.3 Å². The van der Waals surface area contributed by atoms with E-state index in [2.05, 4.69) is 31.8 Å². The molecule has 0 bridgehead atoms. The number of hydrogen-bond acceptors (Lipinski definition) is 10. The Kier molecular flexibility index (Phi) is 9.48. The molecule has 2 aromatic carbocycles. The number of nitrogens with two attached hydrogens (primary N) is 1. The summed E-state index contributed by atoms with van der Waals surface area (Å²) in [6, 6.07) is 20.7. The SMILES string of the molecule is C=C(CN(C)C)C(=O)NCc1coc(-c2c(N)ncnc2N(c2ccccc2)c2ccc(OCc3ccccn3)c(Cl)c2)n1. The van der Waals surface area contributed by atoms with E-state index >= 15 is 0 Å². The van der Waals surface area contributed by atoms with Gasteiger partial charge in [-0.2, -0.15) is 0 Å². The molecule has 5 aromatic rings. The second-order valence-electron chi connectivity index (χ2n) is 10.0. The van der Waals surface area contributed by atoms with Gasteiger partial charge in [-0.3, -0.25) is 14.7 Å². The standard InChI is InChI=1S/C32H31ClN8O3/c1-21(17-40(2)3)31(42)36-16-23-19-44-32(39-23)28-29(34)37-20-38-30(28)41(24-10-5-4-6-11-24)25-12-13-27(26(33)15-25)43-18-22-9-7-8-14-35-22/h4-15,19-20H,1,16-18H2,2-3H3,(H,36,42)(H2,34,37,38). The molecule has 0 saturated heterocycles. The molecule has 0 unspecified atom stereocenters. The van der Waals surface area contributed by atoms with Crippen LogP contribution >= 0.6 is 11.6 Å². The van der Waals surface area contributed by atoms with Crippen LogP contribution in [0.1, 0.15) is 11.4 Å². The van der Waals surface area contributed by atoms with E-state index in [0.29, 0.717) is 45.7 Å². The average Bonchev–Trinajstić information content (AvgIpc) is 3.49. The van der Waals surface area contributed by atoms with Crippen molar-refractivity contribution in [2.24, 2.45) is 0 Å². The van der Waals surface area contributed by atoms with Crippen molar-refractivity contribution in [3.63, 3.8) is 0 Å². The number of likely N-dealkylation sites (N-methyl/N-ethyl adjacent to an activating group) is 1. The minimum atomic E-state index is -0.272.